The third-order valence-corrected chi connectivity index (χ3v) is 3.20. The summed E-state index contributed by atoms with van der Waals surface area (Å²) in [5.74, 6) is 0.0814. The molecule has 0 spiro atoms. The molecule has 2 N–H and O–H groups in total. The van der Waals surface area contributed by atoms with E-state index in [2.05, 4.69) is 0 Å². The molecular weight excluding hydrogens is 221 g/mol. The molecule has 94 valence electrons. The summed E-state index contributed by atoms with van der Waals surface area (Å²) in [6.45, 7) is 0. The first-order valence-electron chi connectivity index (χ1n) is 5.95. The molecule has 1 aliphatic rings. The quantitative estimate of drug-likeness (QED) is 0.825. The van der Waals surface area contributed by atoms with Crippen LogP contribution in [-0.4, -0.2) is 19.3 Å². The Morgan fingerprint density at radius 1 is 1.24 bits per heavy atom. The Hall–Kier alpha value is -1.29. The van der Waals surface area contributed by atoms with Gasteiger partial charge in [-0.25, -0.2) is 4.39 Å². The van der Waals surface area contributed by atoms with E-state index in [0.717, 1.165) is 25.7 Å². The van der Waals surface area contributed by atoms with E-state index in [9.17, 15) is 4.39 Å². The number of nitrogens with two attached hydrogens (primary N) is 1. The second-order valence-electron chi connectivity index (χ2n) is 4.40. The minimum atomic E-state index is -0.334. The van der Waals surface area contributed by atoms with E-state index in [1.54, 1.807) is 7.11 Å². The van der Waals surface area contributed by atoms with Crippen molar-refractivity contribution in [2.24, 2.45) is 0 Å². The van der Waals surface area contributed by atoms with Gasteiger partial charge in [0.1, 0.15) is 17.7 Å². The number of nitrogen functional groups attached to an aromatic ring is 1. The van der Waals surface area contributed by atoms with Crippen LogP contribution >= 0.6 is 0 Å². The largest absolute Gasteiger partial charge is 0.485 e. The van der Waals surface area contributed by atoms with Gasteiger partial charge in [-0.2, -0.15) is 0 Å². The summed E-state index contributed by atoms with van der Waals surface area (Å²) in [6.07, 6.45) is 4.21. The maximum atomic E-state index is 13.1. The molecule has 1 aromatic carbocycles. The Labute approximate surface area is 101 Å². The summed E-state index contributed by atoms with van der Waals surface area (Å²) in [6, 6.07) is 4.18. The SMILES string of the molecule is CO[C@@H]1CCCC[C@H]1Oc1cc(F)ccc1N. The summed E-state index contributed by atoms with van der Waals surface area (Å²) in [5.41, 5.74) is 6.23. The lowest BCUT2D eigenvalue weighted by atomic mass is 9.94. The first-order chi connectivity index (χ1) is 8.20. The van der Waals surface area contributed by atoms with Gasteiger partial charge in [0.2, 0.25) is 0 Å². The van der Waals surface area contributed by atoms with Crippen molar-refractivity contribution in [1.82, 2.24) is 0 Å². The molecule has 0 heterocycles. The zero-order valence-corrected chi connectivity index (χ0v) is 9.99. The van der Waals surface area contributed by atoms with Crippen molar-refractivity contribution in [3.63, 3.8) is 0 Å². The van der Waals surface area contributed by atoms with Crippen molar-refractivity contribution in [2.75, 3.05) is 12.8 Å². The van der Waals surface area contributed by atoms with Gasteiger partial charge in [-0.1, -0.05) is 6.42 Å². The highest BCUT2D eigenvalue weighted by Gasteiger charge is 2.27. The van der Waals surface area contributed by atoms with Crippen molar-refractivity contribution in [2.45, 2.75) is 37.9 Å². The zero-order chi connectivity index (χ0) is 12.3. The molecule has 2 rings (SSSR count). The lowest BCUT2D eigenvalue weighted by Crippen LogP contribution is -2.36. The van der Waals surface area contributed by atoms with E-state index < -0.39 is 0 Å². The molecule has 0 aromatic heterocycles. The molecule has 1 saturated carbocycles. The van der Waals surface area contributed by atoms with Gasteiger partial charge in [-0.05, 0) is 31.4 Å². The van der Waals surface area contributed by atoms with E-state index in [1.165, 1.54) is 18.2 Å². The molecule has 2 atom stereocenters. The fourth-order valence-corrected chi connectivity index (χ4v) is 2.24. The predicted molar refractivity (Wildman–Crippen MR) is 64.5 cm³/mol. The van der Waals surface area contributed by atoms with Crippen LogP contribution in [0.4, 0.5) is 10.1 Å². The fourth-order valence-electron chi connectivity index (χ4n) is 2.24. The topological polar surface area (TPSA) is 44.5 Å². The highest BCUT2D eigenvalue weighted by atomic mass is 19.1. The normalized spacial score (nSPS) is 24.6. The van der Waals surface area contributed by atoms with Crippen LogP contribution in [0.2, 0.25) is 0 Å². The summed E-state index contributed by atoms with van der Waals surface area (Å²) < 4.78 is 24.3. The summed E-state index contributed by atoms with van der Waals surface area (Å²) in [5, 5.41) is 0. The van der Waals surface area contributed by atoms with Gasteiger partial charge in [-0.15, -0.1) is 0 Å². The highest BCUT2D eigenvalue weighted by molar-refractivity contribution is 5.52. The van der Waals surface area contributed by atoms with Gasteiger partial charge in [0, 0.05) is 13.2 Å². The fraction of sp³-hybridized carbons (Fsp3) is 0.538. The smallest absolute Gasteiger partial charge is 0.145 e. The maximum absolute atomic E-state index is 13.1. The number of rotatable bonds is 3. The van der Waals surface area contributed by atoms with Crippen LogP contribution in [0.3, 0.4) is 0 Å². The summed E-state index contributed by atoms with van der Waals surface area (Å²) in [7, 11) is 1.68. The number of halogens is 1. The molecule has 1 fully saturated rings. The van der Waals surface area contributed by atoms with Crippen LogP contribution < -0.4 is 10.5 Å². The molecule has 0 radical (unpaired) electrons. The van der Waals surface area contributed by atoms with E-state index >= 15 is 0 Å². The Morgan fingerprint density at radius 3 is 2.65 bits per heavy atom. The Balaban J connectivity index is 2.10. The molecule has 0 amide bonds. The molecule has 0 saturated heterocycles. The van der Waals surface area contributed by atoms with Crippen molar-refractivity contribution in [3.8, 4) is 5.75 Å². The minimum Gasteiger partial charge on any atom is -0.485 e. The number of ether oxygens (including phenoxy) is 2. The molecular formula is C13H18FNO2. The van der Waals surface area contributed by atoms with Crippen LogP contribution in [0.5, 0.6) is 5.75 Å². The zero-order valence-electron chi connectivity index (χ0n) is 9.99. The second-order valence-corrected chi connectivity index (χ2v) is 4.40. The number of anilines is 1. The first-order valence-corrected chi connectivity index (χ1v) is 5.95. The molecule has 0 aliphatic heterocycles. The summed E-state index contributed by atoms with van der Waals surface area (Å²) in [4.78, 5) is 0. The number of methoxy groups -OCH3 is 1. The van der Waals surface area contributed by atoms with Crippen molar-refractivity contribution in [1.29, 1.82) is 0 Å². The number of benzene rings is 1. The maximum Gasteiger partial charge on any atom is 0.145 e. The Kier molecular flexibility index (Phi) is 3.84. The van der Waals surface area contributed by atoms with Gasteiger partial charge < -0.3 is 15.2 Å². The number of hydrogen-bond donors (Lipinski definition) is 1. The Bertz CT molecular complexity index is 384. The van der Waals surface area contributed by atoms with Gasteiger partial charge in [0.05, 0.1) is 11.8 Å². The van der Waals surface area contributed by atoms with E-state index in [4.69, 9.17) is 15.2 Å². The average molecular weight is 239 g/mol. The molecule has 0 unspecified atom stereocenters. The molecule has 4 heteroatoms. The predicted octanol–water partition coefficient (Wildman–Crippen LogP) is 2.74. The highest BCUT2D eigenvalue weighted by Crippen LogP contribution is 2.29. The van der Waals surface area contributed by atoms with Crippen LogP contribution in [0.15, 0.2) is 18.2 Å². The van der Waals surface area contributed by atoms with Crippen molar-refractivity contribution >= 4 is 5.69 Å². The van der Waals surface area contributed by atoms with Crippen LogP contribution in [0.25, 0.3) is 0 Å². The lowest BCUT2D eigenvalue weighted by Gasteiger charge is -2.31. The standard InChI is InChI=1S/C13H18FNO2/c1-16-11-4-2-3-5-12(11)17-13-8-9(14)6-7-10(13)15/h6-8,11-12H,2-5,15H2,1H3/t11-,12-/m1/s1. The first kappa shape index (κ1) is 12.2. The van der Waals surface area contributed by atoms with Gasteiger partial charge in [0.15, 0.2) is 0 Å². The van der Waals surface area contributed by atoms with Crippen LogP contribution in [0, 0.1) is 5.82 Å². The van der Waals surface area contributed by atoms with E-state index in [0.29, 0.717) is 11.4 Å². The van der Waals surface area contributed by atoms with Gasteiger partial charge in [0.25, 0.3) is 0 Å². The van der Waals surface area contributed by atoms with Gasteiger partial charge >= 0.3 is 0 Å². The summed E-state index contributed by atoms with van der Waals surface area (Å²) >= 11 is 0. The molecule has 1 aromatic rings. The van der Waals surface area contributed by atoms with Crippen molar-refractivity contribution in [3.05, 3.63) is 24.0 Å². The second kappa shape index (κ2) is 5.36. The molecule has 17 heavy (non-hydrogen) atoms. The van der Waals surface area contributed by atoms with Gasteiger partial charge in [-0.3, -0.25) is 0 Å². The lowest BCUT2D eigenvalue weighted by molar-refractivity contribution is -0.0227. The van der Waals surface area contributed by atoms with Crippen molar-refractivity contribution < 1.29 is 13.9 Å². The van der Waals surface area contributed by atoms with Crippen LogP contribution in [-0.2, 0) is 4.74 Å². The van der Waals surface area contributed by atoms with Crippen LogP contribution in [0.1, 0.15) is 25.7 Å². The third kappa shape index (κ3) is 2.88. The third-order valence-electron chi connectivity index (χ3n) is 3.20. The number of hydrogen-bond acceptors (Lipinski definition) is 3. The minimum absolute atomic E-state index is 0.0298. The Morgan fingerprint density at radius 2 is 1.94 bits per heavy atom. The monoisotopic (exact) mass is 239 g/mol. The van der Waals surface area contributed by atoms with E-state index in [-0.39, 0.29) is 18.0 Å². The molecule has 0 bridgehead atoms. The van der Waals surface area contributed by atoms with E-state index in [1.807, 2.05) is 0 Å². The average Bonchev–Trinajstić information content (AvgIpc) is 2.34. The molecule has 3 nitrogen and oxygen atoms in total. The molecule has 1 aliphatic carbocycles.